The molecule has 7 heteroatoms. The SMILES string of the molecule is CCCCOc1ccccc1C(=O)NCCc1nc2sc(C)c(C)c2c(=O)[nH]1. The number of aromatic amines is 1. The summed E-state index contributed by atoms with van der Waals surface area (Å²) < 4.78 is 5.72. The van der Waals surface area contributed by atoms with Gasteiger partial charge in [-0.15, -0.1) is 11.3 Å². The second-order valence-corrected chi connectivity index (χ2v) is 7.88. The van der Waals surface area contributed by atoms with Gasteiger partial charge >= 0.3 is 0 Å². The van der Waals surface area contributed by atoms with E-state index in [9.17, 15) is 9.59 Å². The molecule has 3 rings (SSSR count). The Balaban J connectivity index is 1.65. The Bertz CT molecular complexity index is 1040. The quantitative estimate of drug-likeness (QED) is 0.565. The molecule has 28 heavy (non-hydrogen) atoms. The molecule has 0 aliphatic carbocycles. The number of fused-ring (bicyclic) bond motifs is 1. The summed E-state index contributed by atoms with van der Waals surface area (Å²) in [4.78, 5) is 34.1. The third kappa shape index (κ3) is 4.42. The fourth-order valence-corrected chi connectivity index (χ4v) is 3.96. The molecule has 0 fully saturated rings. The summed E-state index contributed by atoms with van der Waals surface area (Å²) >= 11 is 1.52. The van der Waals surface area contributed by atoms with Crippen molar-refractivity contribution in [2.24, 2.45) is 0 Å². The van der Waals surface area contributed by atoms with E-state index in [1.165, 1.54) is 11.3 Å². The molecule has 0 unspecified atom stereocenters. The third-order valence-corrected chi connectivity index (χ3v) is 5.72. The van der Waals surface area contributed by atoms with E-state index in [4.69, 9.17) is 4.74 Å². The van der Waals surface area contributed by atoms with Crippen LogP contribution in [0.3, 0.4) is 0 Å². The highest BCUT2D eigenvalue weighted by molar-refractivity contribution is 7.18. The molecule has 3 aromatic rings. The van der Waals surface area contributed by atoms with Crippen molar-refractivity contribution >= 4 is 27.5 Å². The van der Waals surface area contributed by atoms with Gasteiger partial charge in [-0.05, 0) is 38.0 Å². The highest BCUT2D eigenvalue weighted by Crippen LogP contribution is 2.25. The Morgan fingerprint density at radius 1 is 1.29 bits per heavy atom. The maximum atomic E-state index is 12.5. The van der Waals surface area contributed by atoms with Gasteiger partial charge in [0.1, 0.15) is 16.4 Å². The van der Waals surface area contributed by atoms with Crippen molar-refractivity contribution in [2.75, 3.05) is 13.2 Å². The van der Waals surface area contributed by atoms with Crippen LogP contribution in [0.2, 0.25) is 0 Å². The lowest BCUT2D eigenvalue weighted by atomic mass is 10.2. The highest BCUT2D eigenvalue weighted by Gasteiger charge is 2.14. The molecule has 0 saturated carbocycles. The zero-order valence-electron chi connectivity index (χ0n) is 16.4. The van der Waals surface area contributed by atoms with Gasteiger partial charge in [-0.25, -0.2) is 4.98 Å². The van der Waals surface area contributed by atoms with Crippen molar-refractivity contribution in [3.63, 3.8) is 0 Å². The first-order valence-electron chi connectivity index (χ1n) is 9.50. The molecular weight excluding hydrogens is 374 g/mol. The number of nitrogens with one attached hydrogen (secondary N) is 2. The molecule has 0 atom stereocenters. The molecule has 0 bridgehead atoms. The number of para-hydroxylation sites is 1. The molecule has 2 aromatic heterocycles. The van der Waals surface area contributed by atoms with Crippen molar-refractivity contribution in [3.8, 4) is 5.75 Å². The van der Waals surface area contributed by atoms with E-state index in [0.29, 0.717) is 42.1 Å². The number of carbonyl (C=O) groups is 1. The van der Waals surface area contributed by atoms with E-state index < -0.39 is 0 Å². The minimum atomic E-state index is -0.196. The number of benzene rings is 1. The van der Waals surface area contributed by atoms with Crippen LogP contribution >= 0.6 is 11.3 Å². The average molecular weight is 400 g/mol. The zero-order valence-corrected chi connectivity index (χ0v) is 17.2. The van der Waals surface area contributed by atoms with Crippen LogP contribution in [0, 0.1) is 13.8 Å². The lowest BCUT2D eigenvalue weighted by molar-refractivity contribution is 0.0950. The Hall–Kier alpha value is -2.67. The van der Waals surface area contributed by atoms with Gasteiger partial charge in [0.25, 0.3) is 11.5 Å². The molecule has 6 nitrogen and oxygen atoms in total. The number of aromatic nitrogens is 2. The standard InChI is InChI=1S/C21H25N3O3S/c1-4-5-12-27-16-9-7-6-8-15(16)19(25)22-11-10-17-23-20(26)18-13(2)14(3)28-21(18)24-17/h6-9H,4-5,10-12H2,1-3H3,(H,22,25)(H,23,24,26). The summed E-state index contributed by atoms with van der Waals surface area (Å²) in [6.45, 7) is 6.98. The zero-order chi connectivity index (χ0) is 20.1. The number of rotatable bonds is 8. The lowest BCUT2D eigenvalue weighted by Crippen LogP contribution is -2.27. The fourth-order valence-electron chi connectivity index (χ4n) is 2.91. The van der Waals surface area contributed by atoms with E-state index in [1.807, 2.05) is 26.0 Å². The Kier molecular flexibility index (Phi) is 6.46. The first-order valence-corrected chi connectivity index (χ1v) is 10.3. The second-order valence-electron chi connectivity index (χ2n) is 6.68. The lowest BCUT2D eigenvalue weighted by Gasteiger charge is -2.11. The van der Waals surface area contributed by atoms with Crippen LogP contribution in [-0.2, 0) is 6.42 Å². The first kappa shape index (κ1) is 20.1. The molecular formula is C21H25N3O3S. The number of hydrogen-bond donors (Lipinski definition) is 2. The number of aryl methyl sites for hydroxylation is 2. The van der Waals surface area contributed by atoms with Gasteiger partial charge < -0.3 is 15.0 Å². The van der Waals surface area contributed by atoms with E-state index >= 15 is 0 Å². The monoisotopic (exact) mass is 399 g/mol. The minimum Gasteiger partial charge on any atom is -0.493 e. The van der Waals surface area contributed by atoms with Gasteiger partial charge in [0, 0.05) is 17.8 Å². The number of nitrogens with zero attached hydrogens (tertiary/aromatic N) is 1. The van der Waals surface area contributed by atoms with Gasteiger partial charge in [0.15, 0.2) is 0 Å². The predicted octanol–water partition coefficient (Wildman–Crippen LogP) is 3.75. The smallest absolute Gasteiger partial charge is 0.259 e. The van der Waals surface area contributed by atoms with Crippen LogP contribution in [0.5, 0.6) is 5.75 Å². The summed E-state index contributed by atoms with van der Waals surface area (Å²) in [5.74, 6) is 0.968. The largest absolute Gasteiger partial charge is 0.493 e. The van der Waals surface area contributed by atoms with Gasteiger partial charge in [-0.2, -0.15) is 0 Å². The summed E-state index contributed by atoms with van der Waals surface area (Å²) in [7, 11) is 0. The number of hydrogen-bond acceptors (Lipinski definition) is 5. The van der Waals surface area contributed by atoms with Crippen LogP contribution in [0.25, 0.3) is 10.2 Å². The molecule has 1 aromatic carbocycles. The molecule has 0 radical (unpaired) electrons. The molecule has 0 saturated heterocycles. The fraction of sp³-hybridized carbons (Fsp3) is 0.381. The van der Waals surface area contributed by atoms with Crippen LogP contribution in [0.15, 0.2) is 29.1 Å². The molecule has 2 heterocycles. The topological polar surface area (TPSA) is 84.1 Å². The number of ether oxygens (including phenoxy) is 1. The molecule has 1 amide bonds. The van der Waals surface area contributed by atoms with E-state index in [0.717, 1.165) is 28.1 Å². The summed E-state index contributed by atoms with van der Waals surface area (Å²) in [6, 6.07) is 7.22. The highest BCUT2D eigenvalue weighted by atomic mass is 32.1. The van der Waals surface area contributed by atoms with Gasteiger partial charge in [0.2, 0.25) is 0 Å². The van der Waals surface area contributed by atoms with Crippen molar-refractivity contribution in [3.05, 3.63) is 56.4 Å². The number of unbranched alkanes of at least 4 members (excludes halogenated alkanes) is 1. The van der Waals surface area contributed by atoms with Gasteiger partial charge in [-0.1, -0.05) is 25.5 Å². The summed E-state index contributed by atoms with van der Waals surface area (Å²) in [5, 5.41) is 3.55. The van der Waals surface area contributed by atoms with E-state index in [2.05, 4.69) is 22.2 Å². The summed E-state index contributed by atoms with van der Waals surface area (Å²) in [5.41, 5.74) is 1.37. The molecule has 0 aliphatic heterocycles. The van der Waals surface area contributed by atoms with Crippen molar-refractivity contribution < 1.29 is 9.53 Å². The van der Waals surface area contributed by atoms with Crippen LogP contribution in [0.1, 0.15) is 46.4 Å². The van der Waals surface area contributed by atoms with E-state index in [-0.39, 0.29) is 11.5 Å². The Labute approximate surface area is 168 Å². The average Bonchev–Trinajstić information content (AvgIpc) is 2.96. The Morgan fingerprint density at radius 3 is 2.86 bits per heavy atom. The number of carbonyl (C=O) groups excluding carboxylic acids is 1. The normalized spacial score (nSPS) is 11.0. The summed E-state index contributed by atoms with van der Waals surface area (Å²) in [6.07, 6.45) is 2.43. The molecule has 2 N–H and O–H groups in total. The Morgan fingerprint density at radius 2 is 2.07 bits per heavy atom. The van der Waals surface area contributed by atoms with Crippen molar-refractivity contribution in [1.29, 1.82) is 0 Å². The number of H-pyrrole nitrogens is 1. The third-order valence-electron chi connectivity index (χ3n) is 4.62. The minimum absolute atomic E-state index is 0.122. The maximum Gasteiger partial charge on any atom is 0.259 e. The van der Waals surface area contributed by atoms with Gasteiger partial charge in [0.05, 0.1) is 17.6 Å². The number of thiophene rings is 1. The van der Waals surface area contributed by atoms with Crippen LogP contribution < -0.4 is 15.6 Å². The van der Waals surface area contributed by atoms with Crippen LogP contribution in [0.4, 0.5) is 0 Å². The second kappa shape index (κ2) is 9.01. The predicted molar refractivity (Wildman–Crippen MR) is 113 cm³/mol. The van der Waals surface area contributed by atoms with Crippen molar-refractivity contribution in [2.45, 2.75) is 40.0 Å². The number of amides is 1. The molecule has 0 spiro atoms. The molecule has 148 valence electrons. The maximum absolute atomic E-state index is 12.5. The van der Waals surface area contributed by atoms with Gasteiger partial charge in [-0.3, -0.25) is 9.59 Å². The van der Waals surface area contributed by atoms with Crippen LogP contribution in [-0.4, -0.2) is 29.0 Å². The first-order chi connectivity index (χ1) is 13.5. The molecule has 0 aliphatic rings. The van der Waals surface area contributed by atoms with E-state index in [1.54, 1.807) is 12.1 Å². The van der Waals surface area contributed by atoms with Crippen molar-refractivity contribution in [1.82, 2.24) is 15.3 Å².